The maximum absolute atomic E-state index is 11.9. The molecule has 0 aliphatic carbocycles. The van der Waals surface area contributed by atoms with Crippen molar-refractivity contribution in [2.75, 3.05) is 18.1 Å². The highest BCUT2D eigenvalue weighted by molar-refractivity contribution is 8.03. The number of nitrogens with zero attached hydrogens (tertiary/aromatic N) is 2. The van der Waals surface area contributed by atoms with E-state index >= 15 is 0 Å². The molecule has 3 N–H and O–H groups in total. The second kappa shape index (κ2) is 9.65. The van der Waals surface area contributed by atoms with E-state index in [9.17, 15) is 9.59 Å². The van der Waals surface area contributed by atoms with Crippen molar-refractivity contribution in [3.63, 3.8) is 0 Å². The Hall–Kier alpha value is -1.58. The summed E-state index contributed by atoms with van der Waals surface area (Å²) >= 11 is 3.94. The lowest BCUT2D eigenvalue weighted by atomic mass is 10.1. The Balaban J connectivity index is 1.68. The Kier molecular flexibility index (Phi) is 7.54. The first kappa shape index (κ1) is 18.8. The van der Waals surface area contributed by atoms with Crippen molar-refractivity contribution in [3.05, 3.63) is 35.4 Å². The fourth-order valence-corrected chi connectivity index (χ4v) is 4.44. The van der Waals surface area contributed by atoms with Gasteiger partial charge in [0.15, 0.2) is 8.68 Å². The molecule has 1 aromatic carbocycles. The lowest BCUT2D eigenvalue weighted by molar-refractivity contribution is -0.118. The highest BCUT2D eigenvalue weighted by Crippen LogP contribution is 2.28. The Labute approximate surface area is 153 Å². The zero-order valence-corrected chi connectivity index (χ0v) is 15.6. The molecule has 24 heavy (non-hydrogen) atoms. The molecule has 0 spiro atoms. The highest BCUT2D eigenvalue weighted by atomic mass is 32.2. The molecule has 0 aliphatic heterocycles. The van der Waals surface area contributed by atoms with Crippen molar-refractivity contribution < 1.29 is 9.59 Å². The molecule has 2 rings (SSSR count). The fraction of sp³-hybridized carbons (Fsp3) is 0.333. The van der Waals surface area contributed by atoms with Gasteiger partial charge in [-0.1, -0.05) is 59.1 Å². The smallest absolute Gasteiger partial charge is 0.230 e. The number of benzene rings is 1. The summed E-state index contributed by atoms with van der Waals surface area (Å²) in [5.74, 6) is 0.0502. The second-order valence-electron chi connectivity index (χ2n) is 4.90. The maximum Gasteiger partial charge on any atom is 0.230 e. The molecule has 0 radical (unpaired) electrons. The fourth-order valence-electron chi connectivity index (χ4n) is 1.85. The monoisotopic (exact) mass is 382 g/mol. The van der Waals surface area contributed by atoms with Crippen molar-refractivity contribution in [1.29, 1.82) is 0 Å². The van der Waals surface area contributed by atoms with Crippen LogP contribution in [0.1, 0.15) is 11.1 Å². The predicted octanol–water partition coefficient (Wildman–Crippen LogP) is 1.87. The number of rotatable bonds is 9. The van der Waals surface area contributed by atoms with Crippen LogP contribution in [0.25, 0.3) is 0 Å². The summed E-state index contributed by atoms with van der Waals surface area (Å²) in [7, 11) is 0. The number of thioether (sulfide) groups is 2. The van der Waals surface area contributed by atoms with Crippen LogP contribution in [0.2, 0.25) is 0 Å². The van der Waals surface area contributed by atoms with Gasteiger partial charge >= 0.3 is 0 Å². The molecular weight excluding hydrogens is 364 g/mol. The van der Waals surface area contributed by atoms with E-state index in [0.717, 1.165) is 6.42 Å². The first-order chi connectivity index (χ1) is 11.5. The second-order valence-corrected chi connectivity index (χ2v) is 8.33. The molecule has 0 saturated carbocycles. The Bertz CT molecular complexity index is 706. The molecule has 0 fully saturated rings. The number of aryl methyl sites for hydroxylation is 1. The summed E-state index contributed by atoms with van der Waals surface area (Å²) in [4.78, 5) is 22.6. The number of amides is 2. The van der Waals surface area contributed by atoms with E-state index < -0.39 is 5.91 Å². The Morgan fingerprint density at radius 3 is 2.50 bits per heavy atom. The molecule has 0 bridgehead atoms. The van der Waals surface area contributed by atoms with Crippen LogP contribution < -0.4 is 11.1 Å². The van der Waals surface area contributed by atoms with Gasteiger partial charge in [-0.3, -0.25) is 9.59 Å². The number of nitrogens with two attached hydrogens (primary N) is 1. The number of hydrogen-bond donors (Lipinski definition) is 2. The molecule has 0 unspecified atom stereocenters. The molecule has 2 amide bonds. The van der Waals surface area contributed by atoms with Crippen LogP contribution in [0, 0.1) is 6.92 Å². The van der Waals surface area contributed by atoms with Crippen molar-refractivity contribution in [2.45, 2.75) is 22.0 Å². The Morgan fingerprint density at radius 2 is 1.83 bits per heavy atom. The molecule has 0 atom stereocenters. The molecule has 1 heterocycles. The average Bonchev–Trinajstić information content (AvgIpc) is 3.01. The Morgan fingerprint density at radius 1 is 1.17 bits per heavy atom. The van der Waals surface area contributed by atoms with Crippen LogP contribution in [-0.4, -0.2) is 40.1 Å². The maximum atomic E-state index is 11.9. The summed E-state index contributed by atoms with van der Waals surface area (Å²) in [6, 6.07) is 8.15. The SMILES string of the molecule is Cc1ccccc1CCNC(=O)CSc1nnc(SCC(N)=O)s1. The summed E-state index contributed by atoms with van der Waals surface area (Å²) < 4.78 is 1.38. The first-order valence-corrected chi connectivity index (χ1v) is 10.0. The van der Waals surface area contributed by atoms with E-state index in [4.69, 9.17) is 5.73 Å². The van der Waals surface area contributed by atoms with Gasteiger partial charge in [0.05, 0.1) is 11.5 Å². The van der Waals surface area contributed by atoms with Crippen LogP contribution >= 0.6 is 34.9 Å². The van der Waals surface area contributed by atoms with Gasteiger partial charge in [0, 0.05) is 6.54 Å². The number of nitrogens with one attached hydrogen (secondary N) is 1. The molecule has 128 valence electrons. The lowest BCUT2D eigenvalue weighted by Crippen LogP contribution is -2.27. The van der Waals surface area contributed by atoms with Crippen molar-refractivity contribution in [3.8, 4) is 0 Å². The minimum Gasteiger partial charge on any atom is -0.369 e. The van der Waals surface area contributed by atoms with Crippen molar-refractivity contribution >= 4 is 46.7 Å². The third kappa shape index (κ3) is 6.50. The van der Waals surface area contributed by atoms with Gasteiger partial charge in [0.25, 0.3) is 0 Å². The predicted molar refractivity (Wildman–Crippen MR) is 98.4 cm³/mol. The van der Waals surface area contributed by atoms with Crippen LogP contribution in [0.3, 0.4) is 0 Å². The molecule has 1 aromatic heterocycles. The normalized spacial score (nSPS) is 10.5. The number of aromatic nitrogens is 2. The minimum absolute atomic E-state index is 0.0323. The zero-order valence-electron chi connectivity index (χ0n) is 13.2. The summed E-state index contributed by atoms with van der Waals surface area (Å²) in [5, 5.41) is 10.8. The van der Waals surface area contributed by atoms with Crippen molar-refractivity contribution in [2.24, 2.45) is 5.73 Å². The van der Waals surface area contributed by atoms with Gasteiger partial charge in [-0.05, 0) is 24.5 Å². The average molecular weight is 383 g/mol. The molecule has 0 saturated heterocycles. The topological polar surface area (TPSA) is 98.0 Å². The number of hydrogen-bond acceptors (Lipinski definition) is 7. The van der Waals surface area contributed by atoms with Gasteiger partial charge in [-0.15, -0.1) is 10.2 Å². The van der Waals surface area contributed by atoms with Gasteiger partial charge < -0.3 is 11.1 Å². The molecular formula is C15H18N4O2S3. The summed E-state index contributed by atoms with van der Waals surface area (Å²) in [6.07, 6.45) is 0.815. The van der Waals surface area contributed by atoms with Crippen LogP contribution in [-0.2, 0) is 16.0 Å². The first-order valence-electron chi connectivity index (χ1n) is 7.23. The molecule has 9 heteroatoms. The number of primary amides is 1. The van der Waals surface area contributed by atoms with E-state index in [1.165, 1.54) is 46.0 Å². The van der Waals surface area contributed by atoms with Crippen LogP contribution in [0.15, 0.2) is 32.9 Å². The van der Waals surface area contributed by atoms with Crippen molar-refractivity contribution in [1.82, 2.24) is 15.5 Å². The summed E-state index contributed by atoms with van der Waals surface area (Å²) in [6.45, 7) is 2.68. The largest absolute Gasteiger partial charge is 0.369 e. The number of carbonyl (C=O) groups excluding carboxylic acids is 2. The molecule has 0 aliphatic rings. The van der Waals surface area contributed by atoms with E-state index in [-0.39, 0.29) is 11.7 Å². The van der Waals surface area contributed by atoms with E-state index in [1.54, 1.807) is 0 Å². The van der Waals surface area contributed by atoms with Gasteiger partial charge in [0.2, 0.25) is 11.8 Å². The van der Waals surface area contributed by atoms with Crippen LogP contribution in [0.4, 0.5) is 0 Å². The van der Waals surface area contributed by atoms with E-state index in [2.05, 4.69) is 34.6 Å². The van der Waals surface area contributed by atoms with Gasteiger partial charge in [0.1, 0.15) is 0 Å². The molecule has 2 aromatic rings. The standard InChI is InChI=1S/C15H18N4O2S3/c1-10-4-2-3-5-11(10)6-7-17-13(21)9-23-15-19-18-14(24-15)22-8-12(16)20/h2-5H,6-9H2,1H3,(H2,16,20)(H,17,21). The number of carbonyl (C=O) groups is 2. The minimum atomic E-state index is -0.391. The van der Waals surface area contributed by atoms with E-state index in [1.807, 2.05) is 12.1 Å². The molecule has 6 nitrogen and oxygen atoms in total. The van der Waals surface area contributed by atoms with Gasteiger partial charge in [-0.2, -0.15) is 0 Å². The third-order valence-corrected chi connectivity index (χ3v) is 6.24. The zero-order chi connectivity index (χ0) is 17.4. The highest BCUT2D eigenvalue weighted by Gasteiger charge is 2.09. The third-order valence-electron chi connectivity index (χ3n) is 3.03. The van der Waals surface area contributed by atoms with Crippen LogP contribution in [0.5, 0.6) is 0 Å². The lowest BCUT2D eigenvalue weighted by Gasteiger charge is -2.06. The quantitative estimate of drug-likeness (QED) is 0.643. The van der Waals surface area contributed by atoms with Gasteiger partial charge in [-0.25, -0.2) is 0 Å². The van der Waals surface area contributed by atoms with E-state index in [0.29, 0.717) is 21.0 Å². The summed E-state index contributed by atoms with van der Waals surface area (Å²) in [5.41, 5.74) is 7.56.